The lowest BCUT2D eigenvalue weighted by Crippen LogP contribution is -2.60. The normalized spacial score (nSPS) is 22.0. The molecule has 0 amide bonds. The molecular weight excluding hydrogens is 330 g/mol. The fourth-order valence-electron chi connectivity index (χ4n) is 3.67. The lowest BCUT2D eigenvalue weighted by Gasteiger charge is -2.46. The minimum absolute atomic E-state index is 0.0275. The molecule has 0 saturated carbocycles. The van der Waals surface area contributed by atoms with Gasteiger partial charge in [0.2, 0.25) is 0 Å². The van der Waals surface area contributed by atoms with Crippen molar-refractivity contribution in [1.82, 2.24) is 5.32 Å². The number of hydrogen-bond donors (Lipinski definition) is 3. The third-order valence-corrected chi connectivity index (χ3v) is 4.13. The quantitative estimate of drug-likeness (QED) is 0.558. The Hall–Kier alpha value is -1.67. The third-order valence-electron chi connectivity index (χ3n) is 4.13. The molecule has 1 aliphatic rings. The molecule has 0 aromatic carbocycles. The highest BCUT2D eigenvalue weighted by Gasteiger charge is 2.46. The largest absolute Gasteiger partial charge is 0.481 e. The van der Waals surface area contributed by atoms with Crippen LogP contribution in [0.15, 0.2) is 0 Å². The molecule has 0 aromatic heterocycles. The molecule has 1 unspecified atom stereocenters. The highest BCUT2D eigenvalue weighted by atomic mass is 16.6. The van der Waals surface area contributed by atoms with E-state index in [1.807, 2.05) is 27.7 Å². The van der Waals surface area contributed by atoms with Crippen LogP contribution in [0.1, 0.15) is 60.3 Å². The van der Waals surface area contributed by atoms with Gasteiger partial charge < -0.3 is 25.0 Å². The van der Waals surface area contributed by atoms with Crippen LogP contribution in [0.4, 0.5) is 0 Å². The van der Waals surface area contributed by atoms with Gasteiger partial charge in [-0.05, 0) is 34.6 Å². The van der Waals surface area contributed by atoms with Crippen LogP contribution < -0.4 is 5.32 Å². The van der Waals surface area contributed by atoms with E-state index in [1.165, 1.54) is 0 Å². The van der Waals surface area contributed by atoms with E-state index in [-0.39, 0.29) is 23.8 Å². The van der Waals surface area contributed by atoms with Crippen molar-refractivity contribution in [2.24, 2.45) is 0 Å². The van der Waals surface area contributed by atoms with Crippen molar-refractivity contribution in [3.8, 4) is 0 Å². The maximum atomic E-state index is 12.3. The van der Waals surface area contributed by atoms with E-state index >= 15 is 0 Å². The molecular formula is C17H29NO7. The number of carboxylic acids is 2. The Kier molecular flexibility index (Phi) is 6.58. The maximum absolute atomic E-state index is 12.3. The average molecular weight is 359 g/mol. The molecule has 0 radical (unpaired) electrons. The standard InChI is InChI=1S/C17H29NO7/c1-6-24-17(14(22)23,9-12(19)20)10-13(21)25-11-7-15(2,3)18-16(4,5)8-11/h11,18H,6-10H2,1-5H3,(H,19,20)(H,22,23). The van der Waals surface area contributed by atoms with E-state index in [0.717, 1.165) is 0 Å². The van der Waals surface area contributed by atoms with Crippen molar-refractivity contribution in [1.29, 1.82) is 0 Å². The summed E-state index contributed by atoms with van der Waals surface area (Å²) in [4.78, 5) is 34.9. The molecule has 1 atom stereocenters. The van der Waals surface area contributed by atoms with Gasteiger partial charge >= 0.3 is 17.9 Å². The Bertz CT molecular complexity index is 513. The predicted octanol–water partition coefficient (Wildman–Crippen LogP) is 1.56. The first-order chi connectivity index (χ1) is 11.3. The molecule has 8 nitrogen and oxygen atoms in total. The zero-order chi connectivity index (χ0) is 19.5. The first-order valence-corrected chi connectivity index (χ1v) is 8.39. The van der Waals surface area contributed by atoms with E-state index < -0.39 is 36.4 Å². The van der Waals surface area contributed by atoms with Crippen LogP contribution in [0.5, 0.6) is 0 Å². The summed E-state index contributed by atoms with van der Waals surface area (Å²) < 4.78 is 10.6. The van der Waals surface area contributed by atoms with E-state index in [9.17, 15) is 19.5 Å². The molecule has 1 heterocycles. The number of aliphatic carboxylic acids is 2. The number of nitrogens with one attached hydrogen (secondary N) is 1. The van der Waals surface area contributed by atoms with Crippen molar-refractivity contribution in [2.45, 2.75) is 83.1 Å². The molecule has 0 spiro atoms. The summed E-state index contributed by atoms with van der Waals surface area (Å²) in [6.45, 7) is 9.52. The fourth-order valence-corrected chi connectivity index (χ4v) is 3.67. The Morgan fingerprint density at radius 2 is 1.60 bits per heavy atom. The number of hydrogen-bond acceptors (Lipinski definition) is 6. The second kappa shape index (κ2) is 7.70. The number of carbonyl (C=O) groups excluding carboxylic acids is 1. The van der Waals surface area contributed by atoms with Gasteiger partial charge in [-0.3, -0.25) is 9.59 Å². The molecule has 0 aromatic rings. The molecule has 0 aliphatic carbocycles. The summed E-state index contributed by atoms with van der Waals surface area (Å²) in [6, 6.07) is 0. The van der Waals surface area contributed by atoms with Gasteiger partial charge in [0.25, 0.3) is 0 Å². The van der Waals surface area contributed by atoms with Crippen LogP contribution in [0, 0.1) is 0 Å². The highest BCUT2D eigenvalue weighted by Crippen LogP contribution is 2.31. The Labute approximate surface area is 147 Å². The van der Waals surface area contributed by atoms with Crippen molar-refractivity contribution in [3.05, 3.63) is 0 Å². The third kappa shape index (κ3) is 6.28. The smallest absolute Gasteiger partial charge is 0.337 e. The van der Waals surface area contributed by atoms with Gasteiger partial charge in [-0.1, -0.05) is 0 Å². The summed E-state index contributed by atoms with van der Waals surface area (Å²) >= 11 is 0. The Morgan fingerprint density at radius 1 is 1.08 bits per heavy atom. The van der Waals surface area contributed by atoms with Crippen LogP contribution in [-0.4, -0.2) is 57.5 Å². The van der Waals surface area contributed by atoms with Crippen molar-refractivity contribution in [2.75, 3.05) is 6.61 Å². The van der Waals surface area contributed by atoms with E-state index in [0.29, 0.717) is 12.8 Å². The molecule has 1 rings (SSSR count). The van der Waals surface area contributed by atoms with Crippen molar-refractivity contribution >= 4 is 17.9 Å². The Morgan fingerprint density at radius 3 is 2.00 bits per heavy atom. The predicted molar refractivity (Wildman–Crippen MR) is 89.3 cm³/mol. The van der Waals surface area contributed by atoms with Crippen molar-refractivity contribution < 1.29 is 34.1 Å². The number of carboxylic acid groups (broad SMARTS) is 2. The van der Waals surface area contributed by atoms with Gasteiger partial charge in [-0.15, -0.1) is 0 Å². The SMILES string of the molecule is CCOC(CC(=O)O)(CC(=O)OC1CC(C)(C)NC(C)(C)C1)C(=O)O. The number of rotatable bonds is 8. The van der Waals surface area contributed by atoms with Gasteiger partial charge in [0.05, 0.1) is 12.8 Å². The molecule has 1 saturated heterocycles. The van der Waals surface area contributed by atoms with E-state index in [4.69, 9.17) is 14.6 Å². The van der Waals surface area contributed by atoms with Gasteiger partial charge in [0.15, 0.2) is 5.60 Å². The minimum Gasteiger partial charge on any atom is -0.481 e. The lowest BCUT2D eigenvalue weighted by atomic mass is 9.81. The second-order valence-electron chi connectivity index (χ2n) is 7.89. The van der Waals surface area contributed by atoms with Crippen LogP contribution in [0.2, 0.25) is 0 Å². The number of esters is 1. The second-order valence-corrected chi connectivity index (χ2v) is 7.89. The molecule has 8 heteroatoms. The summed E-state index contributed by atoms with van der Waals surface area (Å²) in [5.41, 5.74) is -2.59. The maximum Gasteiger partial charge on any atom is 0.337 e. The monoisotopic (exact) mass is 359 g/mol. The highest BCUT2D eigenvalue weighted by molar-refractivity contribution is 5.88. The molecule has 144 valence electrons. The topological polar surface area (TPSA) is 122 Å². The number of ether oxygens (including phenoxy) is 2. The zero-order valence-corrected chi connectivity index (χ0v) is 15.5. The molecule has 1 aliphatic heterocycles. The van der Waals surface area contributed by atoms with E-state index in [1.54, 1.807) is 6.92 Å². The van der Waals surface area contributed by atoms with Crippen molar-refractivity contribution in [3.63, 3.8) is 0 Å². The Balaban J connectivity index is 2.87. The number of piperidine rings is 1. The fraction of sp³-hybridized carbons (Fsp3) is 0.824. The molecule has 1 fully saturated rings. The summed E-state index contributed by atoms with van der Waals surface area (Å²) in [6.07, 6.45) is -0.676. The summed E-state index contributed by atoms with van der Waals surface area (Å²) in [5.74, 6) is -3.61. The first-order valence-electron chi connectivity index (χ1n) is 8.39. The van der Waals surface area contributed by atoms with Gasteiger partial charge in [-0.2, -0.15) is 0 Å². The lowest BCUT2D eigenvalue weighted by molar-refractivity contribution is -0.181. The zero-order valence-electron chi connectivity index (χ0n) is 15.5. The van der Waals surface area contributed by atoms with Crippen LogP contribution >= 0.6 is 0 Å². The number of carbonyl (C=O) groups is 3. The first kappa shape index (κ1) is 21.4. The average Bonchev–Trinajstić information content (AvgIpc) is 2.33. The van der Waals surface area contributed by atoms with Crippen LogP contribution in [-0.2, 0) is 23.9 Å². The summed E-state index contributed by atoms with van der Waals surface area (Å²) in [5, 5.41) is 21.9. The minimum atomic E-state index is -2.12. The molecule has 0 bridgehead atoms. The van der Waals surface area contributed by atoms with E-state index in [2.05, 4.69) is 5.32 Å². The van der Waals surface area contributed by atoms with Gasteiger partial charge in [0, 0.05) is 30.5 Å². The van der Waals surface area contributed by atoms with Crippen LogP contribution in [0.3, 0.4) is 0 Å². The van der Waals surface area contributed by atoms with Gasteiger partial charge in [-0.25, -0.2) is 4.79 Å². The molecule has 25 heavy (non-hydrogen) atoms. The molecule has 3 N–H and O–H groups in total. The van der Waals surface area contributed by atoms with Crippen LogP contribution in [0.25, 0.3) is 0 Å². The van der Waals surface area contributed by atoms with Gasteiger partial charge in [0.1, 0.15) is 6.10 Å². The summed E-state index contributed by atoms with van der Waals surface area (Å²) in [7, 11) is 0.